The lowest BCUT2D eigenvalue weighted by molar-refractivity contribution is -0.107. The molecule has 0 atom stereocenters. The number of nitrogens with one attached hydrogen (secondary N) is 2. The Labute approximate surface area is 234 Å². The number of H-pyrrole nitrogens is 2. The highest BCUT2D eigenvalue weighted by molar-refractivity contribution is 7.15. The number of thiophene rings is 1. The van der Waals surface area contributed by atoms with Crippen LogP contribution in [0, 0.1) is 5.82 Å². The summed E-state index contributed by atoms with van der Waals surface area (Å²) in [6, 6.07) is 5.54. The van der Waals surface area contributed by atoms with E-state index in [0.717, 1.165) is 21.6 Å². The van der Waals surface area contributed by atoms with Crippen molar-refractivity contribution in [3.05, 3.63) is 65.4 Å². The summed E-state index contributed by atoms with van der Waals surface area (Å²) in [4.78, 5) is 35.2. The van der Waals surface area contributed by atoms with Crippen molar-refractivity contribution < 1.29 is 18.0 Å². The molecule has 2 N–H and O–H groups in total. The summed E-state index contributed by atoms with van der Waals surface area (Å²) in [5.41, 5.74) is 3.94. The minimum Gasteiger partial charge on any atom is -0.335 e. The fourth-order valence-corrected chi connectivity index (χ4v) is 6.16. The molecule has 0 bridgehead atoms. The monoisotopic (exact) mass is 574 g/mol. The van der Waals surface area contributed by atoms with E-state index in [-0.39, 0.29) is 42.8 Å². The molecular formula is C28H21F3N8OS. The summed E-state index contributed by atoms with van der Waals surface area (Å²) in [6.07, 6.45) is 8.95. The first-order valence-electron chi connectivity index (χ1n) is 12.8. The molecule has 0 aliphatic carbocycles. The second-order valence-corrected chi connectivity index (χ2v) is 11.2. The van der Waals surface area contributed by atoms with Crippen LogP contribution in [0.4, 0.5) is 13.2 Å². The van der Waals surface area contributed by atoms with Crippen molar-refractivity contribution in [1.82, 2.24) is 40.0 Å². The third kappa shape index (κ3) is 4.66. The Morgan fingerprint density at radius 2 is 1.95 bits per heavy atom. The predicted molar refractivity (Wildman–Crippen MR) is 148 cm³/mol. The minimum absolute atomic E-state index is 0.0704. The van der Waals surface area contributed by atoms with Gasteiger partial charge < -0.3 is 9.78 Å². The highest BCUT2D eigenvalue weighted by Crippen LogP contribution is 2.36. The van der Waals surface area contributed by atoms with E-state index in [1.807, 2.05) is 12.1 Å². The van der Waals surface area contributed by atoms with Crippen LogP contribution in [0.2, 0.25) is 0 Å². The third-order valence-corrected chi connectivity index (χ3v) is 8.24. The molecule has 1 aliphatic rings. The Balaban J connectivity index is 1.26. The number of aromatic amines is 2. The number of hydrogen-bond acceptors (Lipinski definition) is 8. The molecular weight excluding hydrogens is 553 g/mol. The van der Waals surface area contributed by atoms with E-state index in [0.29, 0.717) is 39.9 Å². The van der Waals surface area contributed by atoms with Gasteiger partial charge in [0.25, 0.3) is 5.92 Å². The molecule has 0 radical (unpaired) electrons. The molecule has 0 saturated carbocycles. The largest absolute Gasteiger partial charge is 0.335 e. The van der Waals surface area contributed by atoms with E-state index in [2.05, 4.69) is 30.1 Å². The number of halogens is 3. The number of likely N-dealkylation sites (tertiary alicyclic amines) is 1. The number of nitrogens with zero attached hydrogens (tertiary/aromatic N) is 6. The number of pyridine rings is 3. The van der Waals surface area contributed by atoms with Crippen LogP contribution in [0.15, 0.2) is 49.2 Å². The van der Waals surface area contributed by atoms with E-state index in [4.69, 9.17) is 4.98 Å². The number of carbonyl (C=O) groups is 1. The van der Waals surface area contributed by atoms with Crippen molar-refractivity contribution >= 4 is 39.6 Å². The molecule has 1 saturated heterocycles. The first kappa shape index (κ1) is 25.5. The van der Waals surface area contributed by atoms with Crippen LogP contribution in [0.25, 0.3) is 55.2 Å². The van der Waals surface area contributed by atoms with Crippen LogP contribution in [-0.2, 0) is 17.8 Å². The maximum absolute atomic E-state index is 16.1. The standard InChI is InChI=1S/C28H21F3N8OS/c29-23-22-19(12-34-24(23)16-7-15(8-32-9-16)13-39-5-4-28(30,31)14-39)37-38-26(22)27-35-20-11-33-10-18(25(20)36-27)21-2-1-17(41-21)3-6-40/h1-2,6-12H,3-5,13-14H2,(H,35,36)(H,37,38). The lowest BCUT2D eigenvalue weighted by atomic mass is 10.1. The molecule has 13 heteroatoms. The minimum atomic E-state index is -2.70. The maximum atomic E-state index is 16.1. The molecule has 0 spiro atoms. The molecule has 6 aromatic rings. The summed E-state index contributed by atoms with van der Waals surface area (Å²) in [5.74, 6) is -2.95. The predicted octanol–water partition coefficient (Wildman–Crippen LogP) is 5.41. The van der Waals surface area contributed by atoms with Crippen LogP contribution in [-0.4, -0.2) is 65.3 Å². The maximum Gasteiger partial charge on any atom is 0.261 e. The van der Waals surface area contributed by atoms with Gasteiger partial charge in [0.15, 0.2) is 11.6 Å². The molecule has 7 rings (SSSR count). The van der Waals surface area contributed by atoms with Gasteiger partial charge in [0.05, 0.1) is 35.4 Å². The van der Waals surface area contributed by atoms with E-state index in [9.17, 15) is 13.6 Å². The fraction of sp³-hybridized carbons (Fsp3) is 0.214. The van der Waals surface area contributed by atoms with E-state index in [1.165, 1.54) is 23.7 Å². The van der Waals surface area contributed by atoms with Crippen molar-refractivity contribution in [2.75, 3.05) is 13.1 Å². The topological polar surface area (TPSA) is 116 Å². The van der Waals surface area contributed by atoms with E-state index < -0.39 is 11.7 Å². The lowest BCUT2D eigenvalue weighted by Crippen LogP contribution is -2.24. The van der Waals surface area contributed by atoms with Crippen molar-refractivity contribution in [2.45, 2.75) is 25.3 Å². The zero-order chi connectivity index (χ0) is 28.1. The van der Waals surface area contributed by atoms with Gasteiger partial charge in [-0.1, -0.05) is 0 Å². The van der Waals surface area contributed by atoms with Gasteiger partial charge in [0, 0.05) is 65.4 Å². The number of carbonyl (C=O) groups excluding carboxylic acids is 1. The highest BCUT2D eigenvalue weighted by Gasteiger charge is 2.38. The molecule has 6 aromatic heterocycles. The first-order valence-corrected chi connectivity index (χ1v) is 13.6. The zero-order valence-electron chi connectivity index (χ0n) is 21.4. The number of alkyl halides is 2. The fourth-order valence-electron chi connectivity index (χ4n) is 5.19. The van der Waals surface area contributed by atoms with Gasteiger partial charge in [-0.15, -0.1) is 11.3 Å². The average Bonchev–Trinajstić information content (AvgIpc) is 3.74. The summed E-state index contributed by atoms with van der Waals surface area (Å²) < 4.78 is 43.4. The molecule has 0 unspecified atom stereocenters. The first-order chi connectivity index (χ1) is 19.9. The van der Waals surface area contributed by atoms with Gasteiger partial charge in [-0.3, -0.25) is 25.0 Å². The SMILES string of the molecule is O=CCc1ccc(-c2cncc3[nH]c(-c4n[nH]c5cnc(-c6cncc(CN7CCC(F)(F)C7)c6)c(F)c45)nc23)s1. The molecule has 7 heterocycles. The van der Waals surface area contributed by atoms with Gasteiger partial charge in [0.1, 0.15) is 23.2 Å². The zero-order valence-corrected chi connectivity index (χ0v) is 22.2. The van der Waals surface area contributed by atoms with Gasteiger partial charge >= 0.3 is 0 Å². The Morgan fingerprint density at radius 3 is 2.78 bits per heavy atom. The summed E-state index contributed by atoms with van der Waals surface area (Å²) >= 11 is 1.49. The van der Waals surface area contributed by atoms with Gasteiger partial charge in [0.2, 0.25) is 0 Å². The number of rotatable bonds is 7. The molecule has 9 nitrogen and oxygen atoms in total. The molecule has 0 aromatic carbocycles. The smallest absolute Gasteiger partial charge is 0.261 e. The number of fused-ring (bicyclic) bond motifs is 2. The van der Waals surface area contributed by atoms with Crippen LogP contribution >= 0.6 is 11.3 Å². The molecule has 0 amide bonds. The number of aldehydes is 1. The third-order valence-electron chi connectivity index (χ3n) is 7.10. The summed E-state index contributed by atoms with van der Waals surface area (Å²) in [6.45, 7) is 0.262. The number of hydrogen-bond donors (Lipinski definition) is 2. The number of imidazole rings is 1. The van der Waals surface area contributed by atoms with Gasteiger partial charge in [-0.2, -0.15) is 5.10 Å². The van der Waals surface area contributed by atoms with Crippen LogP contribution < -0.4 is 0 Å². The number of aromatic nitrogens is 7. The van der Waals surface area contributed by atoms with Crippen molar-refractivity contribution in [3.8, 4) is 33.2 Å². The van der Waals surface area contributed by atoms with Crippen molar-refractivity contribution in [1.29, 1.82) is 0 Å². The van der Waals surface area contributed by atoms with Crippen LogP contribution in [0.5, 0.6) is 0 Å². The average molecular weight is 575 g/mol. The Morgan fingerprint density at radius 1 is 1.07 bits per heavy atom. The van der Waals surface area contributed by atoms with Crippen molar-refractivity contribution in [3.63, 3.8) is 0 Å². The van der Waals surface area contributed by atoms with Gasteiger partial charge in [-0.05, 0) is 23.8 Å². The Kier molecular flexibility index (Phi) is 6.12. The van der Waals surface area contributed by atoms with Crippen molar-refractivity contribution in [2.24, 2.45) is 0 Å². The van der Waals surface area contributed by atoms with Crippen LogP contribution in [0.1, 0.15) is 16.9 Å². The van der Waals surface area contributed by atoms with Crippen LogP contribution in [0.3, 0.4) is 0 Å². The molecule has 41 heavy (non-hydrogen) atoms. The van der Waals surface area contributed by atoms with Gasteiger partial charge in [-0.25, -0.2) is 18.2 Å². The summed E-state index contributed by atoms with van der Waals surface area (Å²) in [7, 11) is 0. The highest BCUT2D eigenvalue weighted by atomic mass is 32.1. The second kappa shape index (κ2) is 9.85. The lowest BCUT2D eigenvalue weighted by Gasteiger charge is -2.15. The molecule has 1 aliphatic heterocycles. The normalized spacial score (nSPS) is 15.3. The summed E-state index contributed by atoms with van der Waals surface area (Å²) in [5, 5.41) is 7.37. The second-order valence-electron chi connectivity index (χ2n) is 9.99. The molecule has 1 fully saturated rings. The Bertz CT molecular complexity index is 1930. The quantitative estimate of drug-likeness (QED) is 0.245. The molecule has 206 valence electrons. The van der Waals surface area contributed by atoms with E-state index >= 15 is 4.39 Å². The van der Waals surface area contributed by atoms with E-state index in [1.54, 1.807) is 29.6 Å². The Hall–Kier alpha value is -4.49.